The van der Waals surface area contributed by atoms with E-state index in [0.717, 1.165) is 29.6 Å². The topological polar surface area (TPSA) is 28.4 Å². The van der Waals surface area contributed by atoms with Crippen LogP contribution < -0.4 is 5.32 Å². The van der Waals surface area contributed by atoms with E-state index in [1.807, 2.05) is 18.2 Å². The fourth-order valence-electron chi connectivity index (χ4n) is 2.81. The van der Waals surface area contributed by atoms with Crippen molar-refractivity contribution in [3.8, 4) is 0 Å². The lowest BCUT2D eigenvalue weighted by molar-refractivity contribution is 0.226. The van der Waals surface area contributed by atoms with E-state index < -0.39 is 0 Å². The predicted molar refractivity (Wildman–Crippen MR) is 78.6 cm³/mol. The van der Waals surface area contributed by atoms with E-state index in [9.17, 15) is 0 Å². The maximum Gasteiger partial charge on any atom is 0.199 e. The van der Waals surface area contributed by atoms with Gasteiger partial charge in [-0.1, -0.05) is 18.2 Å². The number of likely N-dealkylation sites (tertiary alicyclic amines) is 1. The maximum absolute atomic E-state index is 6.20. The van der Waals surface area contributed by atoms with Gasteiger partial charge in [0.2, 0.25) is 0 Å². The van der Waals surface area contributed by atoms with Gasteiger partial charge >= 0.3 is 0 Å². The van der Waals surface area contributed by atoms with Gasteiger partial charge in [-0.05, 0) is 44.1 Å². The zero-order valence-corrected chi connectivity index (χ0v) is 11.9. The van der Waals surface area contributed by atoms with Crippen LogP contribution in [0.3, 0.4) is 0 Å². The average molecular weight is 279 g/mol. The zero-order valence-electron chi connectivity index (χ0n) is 11.2. The lowest BCUT2D eigenvalue weighted by Gasteiger charge is -2.30. The third-order valence-electron chi connectivity index (χ3n) is 3.84. The first-order valence-electron chi connectivity index (χ1n) is 6.82. The number of hydrogen-bond donors (Lipinski definition) is 1. The van der Waals surface area contributed by atoms with Gasteiger partial charge in [0.1, 0.15) is 5.58 Å². The summed E-state index contributed by atoms with van der Waals surface area (Å²) in [6.45, 7) is 3.08. The molecular formula is C15H19ClN2O. The van der Waals surface area contributed by atoms with Crippen LogP contribution in [0, 0.1) is 0 Å². The summed E-state index contributed by atoms with van der Waals surface area (Å²) in [6.07, 6.45) is 2.49. The molecule has 1 saturated heterocycles. The van der Waals surface area contributed by atoms with Crippen LogP contribution in [-0.2, 0) is 6.54 Å². The molecule has 0 spiro atoms. The molecule has 1 aromatic heterocycles. The highest BCUT2D eigenvalue weighted by molar-refractivity contribution is 6.30. The Kier molecular flexibility index (Phi) is 3.78. The minimum absolute atomic E-state index is 0.512. The predicted octanol–water partition coefficient (Wildman–Crippen LogP) is 3.27. The number of nitrogens with zero attached hydrogens (tertiary/aromatic N) is 1. The number of para-hydroxylation sites is 1. The van der Waals surface area contributed by atoms with Crippen molar-refractivity contribution in [2.24, 2.45) is 0 Å². The van der Waals surface area contributed by atoms with E-state index in [-0.39, 0.29) is 0 Å². The Balaban J connectivity index is 1.73. The number of fused-ring (bicyclic) bond motifs is 1. The fraction of sp³-hybridized carbons (Fsp3) is 0.467. The Morgan fingerprint density at radius 2 is 2.26 bits per heavy atom. The molecule has 0 aliphatic carbocycles. The number of rotatable bonds is 3. The first kappa shape index (κ1) is 13.0. The van der Waals surface area contributed by atoms with Crippen molar-refractivity contribution in [3.63, 3.8) is 0 Å². The molecule has 4 heteroatoms. The summed E-state index contributed by atoms with van der Waals surface area (Å²) in [5.41, 5.74) is 1.94. The van der Waals surface area contributed by atoms with Gasteiger partial charge in [0.25, 0.3) is 0 Å². The van der Waals surface area contributed by atoms with Gasteiger partial charge in [-0.25, -0.2) is 0 Å². The van der Waals surface area contributed by atoms with Crippen molar-refractivity contribution in [1.82, 2.24) is 10.2 Å². The van der Waals surface area contributed by atoms with Crippen LogP contribution in [-0.4, -0.2) is 31.1 Å². The molecule has 1 atom stereocenters. The van der Waals surface area contributed by atoms with Gasteiger partial charge in [0.15, 0.2) is 5.22 Å². The van der Waals surface area contributed by atoms with Gasteiger partial charge in [-0.15, -0.1) is 0 Å². The van der Waals surface area contributed by atoms with Crippen LogP contribution in [0.25, 0.3) is 11.0 Å². The van der Waals surface area contributed by atoms with E-state index in [0.29, 0.717) is 11.3 Å². The lowest BCUT2D eigenvalue weighted by atomic mass is 10.1. The Labute approximate surface area is 118 Å². The largest absolute Gasteiger partial charge is 0.444 e. The van der Waals surface area contributed by atoms with Crippen molar-refractivity contribution >= 4 is 22.6 Å². The average Bonchev–Trinajstić information content (AvgIpc) is 2.72. The van der Waals surface area contributed by atoms with Crippen LogP contribution in [0.4, 0.5) is 0 Å². The number of nitrogens with one attached hydrogen (secondary N) is 1. The minimum Gasteiger partial charge on any atom is -0.444 e. The smallest absolute Gasteiger partial charge is 0.199 e. The van der Waals surface area contributed by atoms with Crippen molar-refractivity contribution in [2.45, 2.75) is 25.4 Å². The Bertz CT molecular complexity index is 566. The van der Waals surface area contributed by atoms with Crippen molar-refractivity contribution < 1.29 is 4.42 Å². The fourth-order valence-corrected chi connectivity index (χ4v) is 3.06. The van der Waals surface area contributed by atoms with Crippen molar-refractivity contribution in [1.29, 1.82) is 0 Å². The highest BCUT2D eigenvalue weighted by Crippen LogP contribution is 2.29. The summed E-state index contributed by atoms with van der Waals surface area (Å²) in [5, 5.41) is 5.23. The SMILES string of the molecule is CN1CCCC(NCc2c(Cl)oc3ccccc23)C1. The molecule has 0 bridgehead atoms. The number of furan rings is 1. The number of halogens is 1. The molecule has 0 saturated carbocycles. The van der Waals surface area contributed by atoms with Crippen LogP contribution >= 0.6 is 11.6 Å². The molecule has 1 aliphatic heterocycles. The quantitative estimate of drug-likeness (QED) is 0.934. The summed E-state index contributed by atoms with van der Waals surface area (Å²) in [7, 11) is 2.17. The molecule has 2 aromatic rings. The van der Waals surface area contributed by atoms with Gasteiger partial charge in [0.05, 0.1) is 0 Å². The zero-order chi connectivity index (χ0) is 13.2. The third kappa shape index (κ3) is 2.78. The standard InChI is InChI=1S/C15H19ClN2O/c1-18-8-4-5-11(10-18)17-9-13-12-6-2-3-7-14(12)19-15(13)16/h2-3,6-7,11,17H,4-5,8-10H2,1H3. The molecule has 3 rings (SSSR count). The molecule has 1 N–H and O–H groups in total. The van der Waals surface area contributed by atoms with Crippen molar-refractivity contribution in [3.05, 3.63) is 35.0 Å². The van der Waals surface area contributed by atoms with E-state index in [4.69, 9.17) is 16.0 Å². The molecule has 1 unspecified atom stereocenters. The second kappa shape index (κ2) is 5.53. The summed E-state index contributed by atoms with van der Waals surface area (Å²) in [6, 6.07) is 8.55. The number of hydrogen-bond acceptors (Lipinski definition) is 3. The third-order valence-corrected chi connectivity index (χ3v) is 4.15. The summed E-state index contributed by atoms with van der Waals surface area (Å²) < 4.78 is 5.58. The van der Waals surface area contributed by atoms with Crippen LogP contribution in [0.1, 0.15) is 18.4 Å². The van der Waals surface area contributed by atoms with E-state index in [1.54, 1.807) is 0 Å². The van der Waals surface area contributed by atoms with Gasteiger partial charge in [-0.3, -0.25) is 0 Å². The van der Waals surface area contributed by atoms with Crippen LogP contribution in [0.2, 0.25) is 5.22 Å². The molecule has 0 radical (unpaired) electrons. The summed E-state index contributed by atoms with van der Waals surface area (Å²) >= 11 is 6.20. The highest BCUT2D eigenvalue weighted by atomic mass is 35.5. The Morgan fingerprint density at radius 1 is 1.42 bits per heavy atom. The first-order valence-corrected chi connectivity index (χ1v) is 7.19. The molecule has 3 nitrogen and oxygen atoms in total. The Morgan fingerprint density at radius 3 is 3.11 bits per heavy atom. The number of likely N-dealkylation sites (N-methyl/N-ethyl adjacent to an activating group) is 1. The van der Waals surface area contributed by atoms with Gasteiger partial charge in [-0.2, -0.15) is 0 Å². The molecule has 1 fully saturated rings. The second-order valence-electron chi connectivity index (χ2n) is 5.33. The molecular weight excluding hydrogens is 260 g/mol. The molecule has 102 valence electrons. The van der Waals surface area contributed by atoms with E-state index in [1.165, 1.54) is 19.4 Å². The minimum atomic E-state index is 0.512. The molecule has 1 aliphatic rings. The molecule has 19 heavy (non-hydrogen) atoms. The monoisotopic (exact) mass is 278 g/mol. The molecule has 1 aromatic carbocycles. The molecule has 0 amide bonds. The van der Waals surface area contributed by atoms with Crippen LogP contribution in [0.5, 0.6) is 0 Å². The number of benzene rings is 1. The number of piperidine rings is 1. The summed E-state index contributed by atoms with van der Waals surface area (Å²) in [4.78, 5) is 2.37. The first-order chi connectivity index (χ1) is 9.24. The maximum atomic E-state index is 6.20. The van der Waals surface area contributed by atoms with Crippen molar-refractivity contribution in [2.75, 3.05) is 20.1 Å². The van der Waals surface area contributed by atoms with Crippen LogP contribution in [0.15, 0.2) is 28.7 Å². The normalized spacial score (nSPS) is 21.1. The summed E-state index contributed by atoms with van der Waals surface area (Å²) in [5.74, 6) is 0. The van der Waals surface area contributed by atoms with E-state index in [2.05, 4.69) is 23.3 Å². The van der Waals surface area contributed by atoms with E-state index >= 15 is 0 Å². The highest BCUT2D eigenvalue weighted by Gasteiger charge is 2.18. The second-order valence-corrected chi connectivity index (χ2v) is 5.68. The van der Waals surface area contributed by atoms with Gasteiger partial charge in [0, 0.05) is 30.1 Å². The Hall–Kier alpha value is -1.03. The lowest BCUT2D eigenvalue weighted by Crippen LogP contribution is -2.43. The molecule has 2 heterocycles. The van der Waals surface area contributed by atoms with Gasteiger partial charge < -0.3 is 14.6 Å².